The van der Waals surface area contributed by atoms with E-state index in [9.17, 15) is 33.9 Å². The van der Waals surface area contributed by atoms with E-state index in [2.05, 4.69) is 21.3 Å². The van der Waals surface area contributed by atoms with E-state index in [4.69, 9.17) is 22.9 Å². The summed E-state index contributed by atoms with van der Waals surface area (Å²) < 4.78 is 0. The fourth-order valence-electron chi connectivity index (χ4n) is 4.56. The van der Waals surface area contributed by atoms with Crippen LogP contribution in [0.25, 0.3) is 0 Å². The van der Waals surface area contributed by atoms with Crippen LogP contribution in [0.5, 0.6) is 5.75 Å². The SMILES string of the molecule is CC[C@@H](C)[C@H](NC(=O)[C@@H](N)CCC(N)=O)C(=O)N[C@H](C(=O)N[C@@H](Cc1ccc(O)cc1)C(=O)N[C@@H](CCCCN)C(N)=O)C(C)C. The highest BCUT2D eigenvalue weighted by atomic mass is 16.3. The summed E-state index contributed by atoms with van der Waals surface area (Å²) in [6.45, 7) is 7.40. The van der Waals surface area contributed by atoms with Crippen LogP contribution in [0.4, 0.5) is 0 Å². The van der Waals surface area contributed by atoms with Crippen molar-refractivity contribution >= 4 is 35.4 Å². The minimum absolute atomic E-state index is 0.000358. The number of primary amides is 2. The number of aromatic hydroxyl groups is 1. The summed E-state index contributed by atoms with van der Waals surface area (Å²) in [7, 11) is 0. The third kappa shape index (κ3) is 13.8. The number of phenols is 1. The molecule has 0 saturated heterocycles. The van der Waals surface area contributed by atoms with E-state index in [0.29, 0.717) is 31.4 Å². The fourth-order valence-corrected chi connectivity index (χ4v) is 4.56. The summed E-state index contributed by atoms with van der Waals surface area (Å²) >= 11 is 0. The van der Waals surface area contributed by atoms with Crippen molar-refractivity contribution in [3.63, 3.8) is 0 Å². The number of benzene rings is 1. The van der Waals surface area contributed by atoms with Gasteiger partial charge in [0, 0.05) is 12.8 Å². The molecule has 258 valence electrons. The number of nitrogens with one attached hydrogen (secondary N) is 4. The molecule has 0 aliphatic rings. The fraction of sp³-hybridized carbons (Fsp3) is 0.613. The molecule has 0 aliphatic carbocycles. The smallest absolute Gasteiger partial charge is 0.243 e. The Hall–Kier alpha value is -4.24. The minimum atomic E-state index is -1.18. The minimum Gasteiger partial charge on any atom is -0.508 e. The molecule has 0 aliphatic heterocycles. The zero-order valence-corrected chi connectivity index (χ0v) is 27.2. The Labute approximate surface area is 270 Å². The molecule has 1 aromatic rings. The summed E-state index contributed by atoms with van der Waals surface area (Å²) in [5, 5.41) is 20.3. The lowest BCUT2D eigenvalue weighted by molar-refractivity contribution is -0.135. The molecule has 1 aromatic carbocycles. The number of carbonyl (C=O) groups excluding carboxylic acids is 6. The molecule has 6 atom stereocenters. The Morgan fingerprint density at radius 2 is 1.33 bits per heavy atom. The zero-order chi connectivity index (χ0) is 35.0. The lowest BCUT2D eigenvalue weighted by Crippen LogP contribution is -2.61. The van der Waals surface area contributed by atoms with Crippen LogP contribution in [0, 0.1) is 11.8 Å². The normalized spacial score (nSPS) is 15.0. The van der Waals surface area contributed by atoms with Crippen molar-refractivity contribution in [3.05, 3.63) is 29.8 Å². The first-order chi connectivity index (χ1) is 21.6. The molecule has 0 heterocycles. The zero-order valence-electron chi connectivity index (χ0n) is 27.2. The van der Waals surface area contributed by atoms with Gasteiger partial charge in [-0.25, -0.2) is 0 Å². The summed E-state index contributed by atoms with van der Waals surface area (Å²) in [5.74, 6) is -4.74. The molecule has 1 rings (SSSR count). The average molecular weight is 649 g/mol. The number of hydrogen-bond donors (Lipinski definition) is 9. The third-order valence-electron chi connectivity index (χ3n) is 7.69. The first-order valence-corrected chi connectivity index (χ1v) is 15.6. The quantitative estimate of drug-likeness (QED) is 0.0722. The van der Waals surface area contributed by atoms with Crippen molar-refractivity contribution in [2.45, 2.75) is 103 Å². The number of rotatable bonds is 21. The number of unbranched alkanes of at least 4 members (excludes halogenated alkanes) is 1. The standard InChI is InChI=1S/C31H52N8O7/c1-5-18(4)26(39-28(43)21(33)13-14-24(34)41)31(46)38-25(17(2)3)30(45)37-23(16-19-9-11-20(40)12-10-19)29(44)36-22(27(35)42)8-6-7-15-32/h9-12,17-18,21-23,25-26,40H,5-8,13-16,32-33H2,1-4H3,(H2,34,41)(H2,35,42)(H,36,44)(H,37,45)(H,38,46)(H,39,43)/t18-,21+,22+,23+,25+,26+/m1/s1. The Kier molecular flexibility index (Phi) is 17.3. The number of phenolic OH excluding ortho intramolecular Hbond substituents is 1. The van der Waals surface area contributed by atoms with Gasteiger partial charge in [0.05, 0.1) is 6.04 Å². The Morgan fingerprint density at radius 3 is 1.85 bits per heavy atom. The van der Waals surface area contributed by atoms with Gasteiger partial charge in [-0.3, -0.25) is 28.8 Å². The predicted octanol–water partition coefficient (Wildman–Crippen LogP) is -1.22. The van der Waals surface area contributed by atoms with E-state index < -0.39 is 71.6 Å². The highest BCUT2D eigenvalue weighted by Crippen LogP contribution is 2.14. The van der Waals surface area contributed by atoms with Gasteiger partial charge in [-0.05, 0) is 61.8 Å². The second-order valence-corrected chi connectivity index (χ2v) is 11.9. The van der Waals surface area contributed by atoms with Crippen molar-refractivity contribution in [3.8, 4) is 5.75 Å². The topological polar surface area (TPSA) is 275 Å². The molecule has 13 N–H and O–H groups in total. The Morgan fingerprint density at radius 1 is 0.761 bits per heavy atom. The molecule has 6 amide bonds. The first-order valence-electron chi connectivity index (χ1n) is 15.6. The summed E-state index contributed by atoms with van der Waals surface area (Å²) in [6, 6.07) is 0.630. The number of carbonyl (C=O) groups is 6. The van der Waals surface area contributed by atoms with Gasteiger partial charge in [0.15, 0.2) is 0 Å². The number of nitrogens with two attached hydrogens (primary N) is 4. The molecule has 0 radical (unpaired) electrons. The Bertz CT molecular complexity index is 1180. The van der Waals surface area contributed by atoms with Crippen LogP contribution >= 0.6 is 0 Å². The van der Waals surface area contributed by atoms with Crippen molar-refractivity contribution in [1.29, 1.82) is 0 Å². The van der Waals surface area contributed by atoms with Gasteiger partial charge in [-0.1, -0.05) is 46.2 Å². The summed E-state index contributed by atoms with van der Waals surface area (Å²) in [4.78, 5) is 76.5. The molecule has 0 spiro atoms. The van der Waals surface area contributed by atoms with E-state index in [1.807, 2.05) is 6.92 Å². The Balaban J connectivity index is 3.21. The van der Waals surface area contributed by atoms with Crippen molar-refractivity contribution in [1.82, 2.24) is 21.3 Å². The first kappa shape index (κ1) is 39.8. The van der Waals surface area contributed by atoms with Crippen LogP contribution in [0.15, 0.2) is 24.3 Å². The highest BCUT2D eigenvalue weighted by Gasteiger charge is 2.34. The molecule has 0 fully saturated rings. The van der Waals surface area contributed by atoms with Crippen LogP contribution in [0.3, 0.4) is 0 Å². The van der Waals surface area contributed by atoms with Gasteiger partial charge in [0.2, 0.25) is 35.4 Å². The van der Waals surface area contributed by atoms with E-state index in [-0.39, 0.29) is 37.4 Å². The van der Waals surface area contributed by atoms with Crippen molar-refractivity contribution in [2.24, 2.45) is 34.8 Å². The van der Waals surface area contributed by atoms with Gasteiger partial charge >= 0.3 is 0 Å². The molecular weight excluding hydrogens is 596 g/mol. The van der Waals surface area contributed by atoms with Gasteiger partial charge in [-0.2, -0.15) is 0 Å². The molecular formula is C31H52N8O7. The van der Waals surface area contributed by atoms with Gasteiger partial charge in [0.1, 0.15) is 29.9 Å². The van der Waals surface area contributed by atoms with E-state index >= 15 is 0 Å². The summed E-state index contributed by atoms with van der Waals surface area (Å²) in [5.41, 5.74) is 22.7. The predicted molar refractivity (Wildman–Crippen MR) is 172 cm³/mol. The van der Waals surface area contributed by atoms with E-state index in [1.54, 1.807) is 32.9 Å². The molecule has 0 bridgehead atoms. The van der Waals surface area contributed by atoms with E-state index in [1.165, 1.54) is 12.1 Å². The second kappa shape index (κ2) is 20.0. The maximum absolute atomic E-state index is 13.6. The lowest BCUT2D eigenvalue weighted by Gasteiger charge is -2.30. The van der Waals surface area contributed by atoms with E-state index in [0.717, 1.165) is 0 Å². The number of hydrogen-bond acceptors (Lipinski definition) is 9. The largest absolute Gasteiger partial charge is 0.508 e. The maximum atomic E-state index is 13.6. The van der Waals surface area contributed by atoms with Gasteiger partial charge < -0.3 is 49.3 Å². The highest BCUT2D eigenvalue weighted by molar-refractivity contribution is 5.96. The lowest BCUT2D eigenvalue weighted by atomic mass is 9.95. The average Bonchev–Trinajstić information content (AvgIpc) is 3.00. The molecule has 0 saturated carbocycles. The van der Waals surface area contributed by atoms with Crippen LogP contribution in [-0.4, -0.2) is 77.3 Å². The molecule has 0 aromatic heterocycles. The van der Waals surface area contributed by atoms with Crippen molar-refractivity contribution < 1.29 is 33.9 Å². The second-order valence-electron chi connectivity index (χ2n) is 11.9. The van der Waals surface area contributed by atoms with Crippen LogP contribution < -0.4 is 44.2 Å². The summed E-state index contributed by atoms with van der Waals surface area (Å²) in [6.07, 6.45) is 1.84. The molecule has 0 unspecified atom stereocenters. The monoisotopic (exact) mass is 648 g/mol. The molecule has 15 heteroatoms. The van der Waals surface area contributed by atoms with Crippen LogP contribution in [0.2, 0.25) is 0 Å². The van der Waals surface area contributed by atoms with Crippen LogP contribution in [0.1, 0.15) is 71.8 Å². The van der Waals surface area contributed by atoms with Gasteiger partial charge in [-0.15, -0.1) is 0 Å². The number of amides is 6. The van der Waals surface area contributed by atoms with Crippen LogP contribution in [-0.2, 0) is 35.2 Å². The molecule has 15 nitrogen and oxygen atoms in total. The van der Waals surface area contributed by atoms with Crippen molar-refractivity contribution in [2.75, 3.05) is 6.54 Å². The molecule has 46 heavy (non-hydrogen) atoms. The van der Waals surface area contributed by atoms with Gasteiger partial charge in [0.25, 0.3) is 0 Å². The maximum Gasteiger partial charge on any atom is 0.243 e. The third-order valence-corrected chi connectivity index (χ3v) is 7.69.